The molecule has 2 aromatic rings. The molecular formula is C14H14Cl2N2. The molecule has 0 saturated carbocycles. The maximum absolute atomic E-state index is 6.04. The Morgan fingerprint density at radius 1 is 0.833 bits per heavy atom. The summed E-state index contributed by atoms with van der Waals surface area (Å²) in [7, 11) is 0. The third-order valence-electron chi connectivity index (χ3n) is 2.47. The van der Waals surface area contributed by atoms with Gasteiger partial charge in [0.1, 0.15) is 0 Å². The Hall–Kier alpha value is -1.38. The first-order chi connectivity index (χ1) is 8.75. The minimum absolute atomic E-state index is 0.735. The lowest BCUT2D eigenvalue weighted by Gasteiger charge is -2.10. The van der Waals surface area contributed by atoms with Crippen LogP contribution in [0.5, 0.6) is 0 Å². The second-order valence-electron chi connectivity index (χ2n) is 3.84. The van der Waals surface area contributed by atoms with E-state index in [9.17, 15) is 0 Å². The van der Waals surface area contributed by atoms with Crippen molar-refractivity contribution in [2.24, 2.45) is 0 Å². The van der Waals surface area contributed by atoms with Gasteiger partial charge in [0.25, 0.3) is 0 Å². The van der Waals surface area contributed by atoms with Crippen molar-refractivity contribution in [3.05, 3.63) is 58.6 Å². The number of para-hydroxylation sites is 1. The van der Waals surface area contributed by atoms with E-state index in [0.717, 1.165) is 34.5 Å². The molecule has 4 heteroatoms. The molecule has 2 nitrogen and oxygen atoms in total. The summed E-state index contributed by atoms with van der Waals surface area (Å²) in [6.07, 6.45) is 0. The number of benzene rings is 2. The fourth-order valence-electron chi connectivity index (χ4n) is 1.61. The molecule has 0 unspecified atom stereocenters. The zero-order valence-corrected chi connectivity index (χ0v) is 11.3. The van der Waals surface area contributed by atoms with Gasteiger partial charge in [0, 0.05) is 23.8 Å². The van der Waals surface area contributed by atoms with Gasteiger partial charge in [-0.25, -0.2) is 0 Å². The first kappa shape index (κ1) is 13.1. The maximum Gasteiger partial charge on any atom is 0.0637 e. The summed E-state index contributed by atoms with van der Waals surface area (Å²) < 4.78 is 0. The summed E-state index contributed by atoms with van der Waals surface area (Å²) in [6.45, 7) is 1.59. The molecule has 0 amide bonds. The summed E-state index contributed by atoms with van der Waals surface area (Å²) >= 11 is 11.9. The van der Waals surface area contributed by atoms with Gasteiger partial charge >= 0.3 is 0 Å². The van der Waals surface area contributed by atoms with Crippen molar-refractivity contribution in [1.29, 1.82) is 0 Å². The first-order valence-corrected chi connectivity index (χ1v) is 6.49. The zero-order chi connectivity index (χ0) is 12.8. The highest BCUT2D eigenvalue weighted by atomic mass is 35.5. The van der Waals surface area contributed by atoms with Crippen LogP contribution in [0.3, 0.4) is 0 Å². The lowest BCUT2D eigenvalue weighted by molar-refractivity contribution is 1.08. The molecule has 0 radical (unpaired) electrons. The van der Waals surface area contributed by atoms with E-state index in [0.29, 0.717) is 0 Å². The molecule has 0 aliphatic heterocycles. The van der Waals surface area contributed by atoms with Gasteiger partial charge in [0.15, 0.2) is 0 Å². The zero-order valence-electron chi connectivity index (χ0n) is 9.79. The van der Waals surface area contributed by atoms with E-state index >= 15 is 0 Å². The van der Waals surface area contributed by atoms with Crippen molar-refractivity contribution in [3.63, 3.8) is 0 Å². The highest BCUT2D eigenvalue weighted by Gasteiger charge is 1.97. The van der Waals surface area contributed by atoms with Gasteiger partial charge in [-0.05, 0) is 30.3 Å². The van der Waals surface area contributed by atoms with Crippen LogP contribution in [-0.2, 0) is 0 Å². The van der Waals surface area contributed by atoms with E-state index in [-0.39, 0.29) is 0 Å². The lowest BCUT2D eigenvalue weighted by Crippen LogP contribution is -2.13. The largest absolute Gasteiger partial charge is 0.383 e. The molecule has 0 atom stereocenters. The van der Waals surface area contributed by atoms with Crippen LogP contribution in [0.1, 0.15) is 0 Å². The van der Waals surface area contributed by atoms with Gasteiger partial charge in [-0.2, -0.15) is 0 Å². The predicted octanol–water partition coefficient (Wildman–Crippen LogP) is 4.52. The van der Waals surface area contributed by atoms with Crippen molar-refractivity contribution in [2.75, 3.05) is 23.7 Å². The van der Waals surface area contributed by atoms with Crippen molar-refractivity contribution in [2.45, 2.75) is 0 Å². The molecular weight excluding hydrogens is 267 g/mol. The standard InChI is InChI=1S/C14H14Cl2N2/c15-11-4-3-5-12(10-11)17-8-9-18-14-7-2-1-6-13(14)16/h1-7,10,17-18H,8-9H2. The Kier molecular flexibility index (Phi) is 4.73. The lowest BCUT2D eigenvalue weighted by atomic mass is 10.3. The fourth-order valence-corrected chi connectivity index (χ4v) is 2.00. The number of anilines is 2. The molecule has 0 aliphatic carbocycles. The third kappa shape index (κ3) is 3.83. The van der Waals surface area contributed by atoms with Crippen molar-refractivity contribution in [3.8, 4) is 0 Å². The van der Waals surface area contributed by atoms with Crippen molar-refractivity contribution < 1.29 is 0 Å². The van der Waals surface area contributed by atoms with Crippen LogP contribution in [-0.4, -0.2) is 13.1 Å². The van der Waals surface area contributed by atoms with Gasteiger partial charge in [-0.15, -0.1) is 0 Å². The Morgan fingerprint density at radius 2 is 1.61 bits per heavy atom. The molecule has 0 fully saturated rings. The Morgan fingerprint density at radius 3 is 2.39 bits per heavy atom. The van der Waals surface area contributed by atoms with Crippen LogP contribution in [0.15, 0.2) is 48.5 Å². The average Bonchev–Trinajstić information content (AvgIpc) is 2.37. The second-order valence-corrected chi connectivity index (χ2v) is 4.69. The molecule has 0 aromatic heterocycles. The van der Waals surface area contributed by atoms with Gasteiger partial charge < -0.3 is 10.6 Å². The van der Waals surface area contributed by atoms with Crippen LogP contribution in [0.4, 0.5) is 11.4 Å². The van der Waals surface area contributed by atoms with Crippen LogP contribution < -0.4 is 10.6 Å². The normalized spacial score (nSPS) is 10.1. The van der Waals surface area contributed by atoms with Gasteiger partial charge in [0.2, 0.25) is 0 Å². The van der Waals surface area contributed by atoms with Crippen LogP contribution >= 0.6 is 23.2 Å². The van der Waals surface area contributed by atoms with Gasteiger partial charge in [-0.3, -0.25) is 0 Å². The van der Waals surface area contributed by atoms with E-state index in [1.165, 1.54) is 0 Å². The van der Waals surface area contributed by atoms with E-state index in [2.05, 4.69) is 10.6 Å². The Bertz CT molecular complexity index is 515. The number of halogens is 2. The minimum Gasteiger partial charge on any atom is -0.383 e. The van der Waals surface area contributed by atoms with Crippen LogP contribution in [0, 0.1) is 0 Å². The molecule has 0 aliphatic rings. The number of rotatable bonds is 5. The highest BCUT2D eigenvalue weighted by molar-refractivity contribution is 6.33. The molecule has 0 saturated heterocycles. The topological polar surface area (TPSA) is 24.1 Å². The molecule has 18 heavy (non-hydrogen) atoms. The first-order valence-electron chi connectivity index (χ1n) is 5.73. The molecule has 94 valence electrons. The van der Waals surface area contributed by atoms with Gasteiger partial charge in [0.05, 0.1) is 10.7 Å². The second kappa shape index (κ2) is 6.53. The summed E-state index contributed by atoms with van der Waals surface area (Å²) in [5.41, 5.74) is 1.97. The van der Waals surface area contributed by atoms with E-state index < -0.39 is 0 Å². The fraction of sp³-hybridized carbons (Fsp3) is 0.143. The molecule has 0 heterocycles. The Labute approximate surface area is 117 Å². The minimum atomic E-state index is 0.735. The van der Waals surface area contributed by atoms with Crippen LogP contribution in [0.2, 0.25) is 10.0 Å². The molecule has 0 bridgehead atoms. The number of nitrogens with one attached hydrogen (secondary N) is 2. The summed E-state index contributed by atoms with van der Waals surface area (Å²) in [4.78, 5) is 0. The Balaban J connectivity index is 1.78. The van der Waals surface area contributed by atoms with E-state index in [1.54, 1.807) is 0 Å². The molecule has 2 aromatic carbocycles. The predicted molar refractivity (Wildman–Crippen MR) is 79.9 cm³/mol. The SMILES string of the molecule is Clc1cccc(NCCNc2ccccc2Cl)c1. The monoisotopic (exact) mass is 280 g/mol. The average molecular weight is 281 g/mol. The maximum atomic E-state index is 6.04. The molecule has 0 spiro atoms. The van der Waals surface area contributed by atoms with E-state index in [1.807, 2.05) is 48.5 Å². The number of hydrogen-bond acceptors (Lipinski definition) is 2. The third-order valence-corrected chi connectivity index (χ3v) is 3.03. The quantitative estimate of drug-likeness (QED) is 0.787. The van der Waals surface area contributed by atoms with Crippen molar-refractivity contribution in [1.82, 2.24) is 0 Å². The summed E-state index contributed by atoms with van der Waals surface area (Å²) in [5.74, 6) is 0. The summed E-state index contributed by atoms with van der Waals surface area (Å²) in [5, 5.41) is 8.03. The van der Waals surface area contributed by atoms with Crippen molar-refractivity contribution >= 4 is 34.6 Å². The number of hydrogen-bond donors (Lipinski definition) is 2. The molecule has 2 rings (SSSR count). The summed E-state index contributed by atoms with van der Waals surface area (Å²) in [6, 6.07) is 15.4. The van der Waals surface area contributed by atoms with Crippen LogP contribution in [0.25, 0.3) is 0 Å². The van der Waals surface area contributed by atoms with Gasteiger partial charge in [-0.1, -0.05) is 41.4 Å². The van der Waals surface area contributed by atoms with E-state index in [4.69, 9.17) is 23.2 Å². The molecule has 2 N–H and O–H groups in total. The highest BCUT2D eigenvalue weighted by Crippen LogP contribution is 2.20. The smallest absolute Gasteiger partial charge is 0.0637 e.